The molecule has 11 heteroatoms. The SMILES string of the molecule is Cc1ccc([N+](=O)[O-])cc1S(=O)(=O)N1CCC(C(=O)NCC(CC(C)C)N2CCOCC2)CC1. The molecule has 1 unspecified atom stereocenters. The van der Waals surface area contributed by atoms with Gasteiger partial charge in [0.1, 0.15) is 0 Å². The van der Waals surface area contributed by atoms with Gasteiger partial charge in [0.05, 0.1) is 23.0 Å². The van der Waals surface area contributed by atoms with E-state index in [4.69, 9.17) is 4.74 Å². The number of nitro groups is 1. The summed E-state index contributed by atoms with van der Waals surface area (Å²) in [6, 6.07) is 4.12. The highest BCUT2D eigenvalue weighted by atomic mass is 32.2. The number of hydrogen-bond acceptors (Lipinski definition) is 7. The Kier molecular flexibility index (Phi) is 9.02. The smallest absolute Gasteiger partial charge is 0.270 e. The second-order valence-corrected chi connectivity index (χ2v) is 11.5. The maximum atomic E-state index is 13.1. The molecule has 0 spiro atoms. The minimum atomic E-state index is -3.87. The van der Waals surface area contributed by atoms with Crippen LogP contribution >= 0.6 is 0 Å². The van der Waals surface area contributed by atoms with Gasteiger partial charge < -0.3 is 10.1 Å². The summed E-state index contributed by atoms with van der Waals surface area (Å²) in [6.45, 7) is 10.1. The molecule has 1 N–H and O–H groups in total. The maximum absolute atomic E-state index is 13.1. The molecule has 0 aliphatic carbocycles. The first-order valence-electron chi connectivity index (χ1n) is 11.9. The lowest BCUT2D eigenvalue weighted by Crippen LogP contribution is -2.50. The molecule has 0 bridgehead atoms. The molecule has 2 aliphatic rings. The van der Waals surface area contributed by atoms with Gasteiger partial charge in [0, 0.05) is 56.8 Å². The van der Waals surface area contributed by atoms with Crippen molar-refractivity contribution in [3.63, 3.8) is 0 Å². The van der Waals surface area contributed by atoms with Crippen molar-refractivity contribution in [3.05, 3.63) is 33.9 Å². The van der Waals surface area contributed by atoms with Crippen LogP contribution in [-0.2, 0) is 19.6 Å². The fraction of sp³-hybridized carbons (Fsp3) is 0.696. The van der Waals surface area contributed by atoms with Crippen molar-refractivity contribution in [1.29, 1.82) is 0 Å². The minimum Gasteiger partial charge on any atom is -0.379 e. The molecule has 1 atom stereocenters. The molecule has 2 fully saturated rings. The highest BCUT2D eigenvalue weighted by Gasteiger charge is 2.34. The van der Waals surface area contributed by atoms with Crippen LogP contribution in [-0.4, -0.2) is 80.4 Å². The summed E-state index contributed by atoms with van der Waals surface area (Å²) in [5, 5.41) is 14.2. The van der Waals surface area contributed by atoms with Crippen molar-refractivity contribution in [2.75, 3.05) is 45.9 Å². The minimum absolute atomic E-state index is 0.0365. The highest BCUT2D eigenvalue weighted by molar-refractivity contribution is 7.89. The van der Waals surface area contributed by atoms with Gasteiger partial charge in [-0.25, -0.2) is 8.42 Å². The van der Waals surface area contributed by atoms with Crippen LogP contribution in [0, 0.1) is 28.9 Å². The Hall–Kier alpha value is -2.08. The first-order valence-corrected chi connectivity index (χ1v) is 13.4. The van der Waals surface area contributed by atoms with E-state index in [0.717, 1.165) is 25.6 Å². The number of nitrogens with one attached hydrogen (secondary N) is 1. The van der Waals surface area contributed by atoms with E-state index < -0.39 is 14.9 Å². The molecule has 0 aromatic heterocycles. The van der Waals surface area contributed by atoms with Gasteiger partial charge in [0.15, 0.2) is 0 Å². The van der Waals surface area contributed by atoms with Gasteiger partial charge in [-0.3, -0.25) is 19.8 Å². The summed E-state index contributed by atoms with van der Waals surface area (Å²) in [6.07, 6.45) is 1.83. The molecule has 2 heterocycles. The molecule has 34 heavy (non-hydrogen) atoms. The summed E-state index contributed by atoms with van der Waals surface area (Å²) < 4.78 is 33.1. The van der Waals surface area contributed by atoms with Gasteiger partial charge in [-0.15, -0.1) is 0 Å². The zero-order valence-corrected chi connectivity index (χ0v) is 21.1. The first-order chi connectivity index (χ1) is 16.1. The van der Waals surface area contributed by atoms with Gasteiger partial charge in [0.25, 0.3) is 5.69 Å². The molecule has 1 aromatic carbocycles. The number of benzene rings is 1. The summed E-state index contributed by atoms with van der Waals surface area (Å²) in [4.78, 5) is 25.7. The zero-order chi connectivity index (χ0) is 24.9. The molecule has 190 valence electrons. The van der Waals surface area contributed by atoms with E-state index in [-0.39, 0.29) is 41.5 Å². The Labute approximate surface area is 201 Å². The van der Waals surface area contributed by atoms with Crippen LogP contribution in [0.15, 0.2) is 23.1 Å². The van der Waals surface area contributed by atoms with Gasteiger partial charge in [-0.05, 0) is 37.7 Å². The van der Waals surface area contributed by atoms with Gasteiger partial charge in [-0.2, -0.15) is 4.31 Å². The predicted molar refractivity (Wildman–Crippen MR) is 128 cm³/mol. The first kappa shape index (κ1) is 26.5. The number of sulfonamides is 1. The third-order valence-corrected chi connectivity index (χ3v) is 8.68. The fourth-order valence-electron chi connectivity index (χ4n) is 4.69. The quantitative estimate of drug-likeness (QED) is 0.411. The number of aryl methyl sites for hydroxylation is 1. The topological polar surface area (TPSA) is 122 Å². The van der Waals surface area contributed by atoms with E-state index in [1.165, 1.54) is 16.4 Å². The number of amides is 1. The molecule has 1 amide bonds. The van der Waals surface area contributed by atoms with Crippen LogP contribution in [0.5, 0.6) is 0 Å². The Morgan fingerprint density at radius 3 is 2.44 bits per heavy atom. The second kappa shape index (κ2) is 11.6. The van der Waals surface area contributed by atoms with Crippen LogP contribution < -0.4 is 5.32 Å². The van der Waals surface area contributed by atoms with E-state index in [2.05, 4.69) is 24.1 Å². The predicted octanol–water partition coefficient (Wildman–Crippen LogP) is 2.17. The van der Waals surface area contributed by atoms with Crippen molar-refractivity contribution < 1.29 is 22.9 Å². The second-order valence-electron chi connectivity index (χ2n) is 9.56. The molecule has 0 radical (unpaired) electrons. The van der Waals surface area contributed by atoms with Crippen molar-refractivity contribution in [1.82, 2.24) is 14.5 Å². The average Bonchev–Trinajstić information content (AvgIpc) is 2.82. The molecule has 10 nitrogen and oxygen atoms in total. The highest BCUT2D eigenvalue weighted by Crippen LogP contribution is 2.28. The normalized spacial score (nSPS) is 19.8. The van der Waals surface area contributed by atoms with E-state index in [1.54, 1.807) is 6.92 Å². The Morgan fingerprint density at radius 2 is 1.85 bits per heavy atom. The lowest BCUT2D eigenvalue weighted by Gasteiger charge is -2.36. The lowest BCUT2D eigenvalue weighted by atomic mass is 9.96. The number of rotatable bonds is 9. The monoisotopic (exact) mass is 496 g/mol. The summed E-state index contributed by atoms with van der Waals surface area (Å²) in [5.74, 6) is 0.225. The van der Waals surface area contributed by atoms with Crippen LogP contribution in [0.4, 0.5) is 5.69 Å². The molecule has 3 rings (SSSR count). The number of non-ortho nitro benzene ring substituents is 1. The average molecular weight is 497 g/mol. The number of nitro benzene ring substituents is 1. The Bertz CT molecular complexity index is 970. The summed E-state index contributed by atoms with van der Waals surface area (Å²) in [7, 11) is -3.87. The van der Waals surface area contributed by atoms with Crippen LogP contribution in [0.3, 0.4) is 0 Å². The number of carbonyl (C=O) groups excluding carboxylic acids is 1. The van der Waals surface area contributed by atoms with E-state index >= 15 is 0 Å². The molecule has 2 aliphatic heterocycles. The van der Waals surface area contributed by atoms with Crippen molar-refractivity contribution in [3.8, 4) is 0 Å². The largest absolute Gasteiger partial charge is 0.379 e. The van der Waals surface area contributed by atoms with Crippen molar-refractivity contribution in [2.24, 2.45) is 11.8 Å². The molecule has 0 saturated carbocycles. The van der Waals surface area contributed by atoms with Gasteiger partial charge >= 0.3 is 0 Å². The summed E-state index contributed by atoms with van der Waals surface area (Å²) >= 11 is 0. The van der Waals surface area contributed by atoms with Crippen molar-refractivity contribution >= 4 is 21.6 Å². The lowest BCUT2D eigenvalue weighted by molar-refractivity contribution is -0.385. The van der Waals surface area contributed by atoms with E-state index in [9.17, 15) is 23.3 Å². The van der Waals surface area contributed by atoms with Gasteiger partial charge in [0.2, 0.25) is 15.9 Å². The van der Waals surface area contributed by atoms with Crippen molar-refractivity contribution in [2.45, 2.75) is 51.0 Å². The molecular weight excluding hydrogens is 460 g/mol. The maximum Gasteiger partial charge on any atom is 0.270 e. The van der Waals surface area contributed by atoms with Gasteiger partial charge in [-0.1, -0.05) is 19.9 Å². The molecule has 2 saturated heterocycles. The molecular formula is C23H36N4O6S. The number of morpholine rings is 1. The Balaban J connectivity index is 1.58. The number of piperidine rings is 1. The van der Waals surface area contributed by atoms with E-state index in [0.29, 0.717) is 44.1 Å². The standard InChI is InChI=1S/C23H36N4O6S/c1-17(2)14-21(25-10-12-33-13-11-25)16-24-23(28)19-6-8-26(9-7-19)34(31,32)22-15-20(27(29)30)5-4-18(22)3/h4-5,15,17,19,21H,6-14,16H2,1-3H3,(H,24,28). The Morgan fingerprint density at radius 1 is 1.21 bits per heavy atom. The fourth-order valence-corrected chi connectivity index (χ4v) is 6.40. The van der Waals surface area contributed by atoms with Crippen LogP contribution in [0.2, 0.25) is 0 Å². The number of ether oxygens (including phenoxy) is 1. The van der Waals surface area contributed by atoms with Crippen LogP contribution in [0.25, 0.3) is 0 Å². The number of hydrogen-bond donors (Lipinski definition) is 1. The third kappa shape index (κ3) is 6.53. The van der Waals surface area contributed by atoms with E-state index in [1.807, 2.05) is 0 Å². The molecule has 1 aromatic rings. The number of nitrogens with zero attached hydrogens (tertiary/aromatic N) is 3. The van der Waals surface area contributed by atoms with Crippen LogP contribution in [0.1, 0.15) is 38.7 Å². The third-order valence-electron chi connectivity index (χ3n) is 6.64. The zero-order valence-electron chi connectivity index (χ0n) is 20.2. The summed E-state index contributed by atoms with van der Waals surface area (Å²) in [5.41, 5.74) is 0.208. The number of carbonyl (C=O) groups is 1.